The molecule has 166 valence electrons. The van der Waals surface area contributed by atoms with Gasteiger partial charge in [-0.15, -0.1) is 0 Å². The van der Waals surface area contributed by atoms with Crippen LogP contribution in [0.15, 0.2) is 67.3 Å². The van der Waals surface area contributed by atoms with Crippen LogP contribution in [0.3, 0.4) is 0 Å². The molecule has 8 nitrogen and oxygen atoms in total. The summed E-state index contributed by atoms with van der Waals surface area (Å²) in [6, 6.07) is 15.0. The molecule has 1 aliphatic rings. The number of imidazole rings is 1. The number of benzene rings is 2. The highest BCUT2D eigenvalue weighted by atomic mass is 16.5. The van der Waals surface area contributed by atoms with E-state index in [1.165, 1.54) is 0 Å². The average molecular weight is 434 g/mol. The minimum atomic E-state index is -0.103. The Morgan fingerprint density at radius 3 is 2.62 bits per heavy atom. The fourth-order valence-corrected chi connectivity index (χ4v) is 3.83. The number of piperazine rings is 1. The van der Waals surface area contributed by atoms with E-state index in [2.05, 4.69) is 15.2 Å². The van der Waals surface area contributed by atoms with Crippen molar-refractivity contribution in [2.75, 3.05) is 43.5 Å². The number of carbonyl (C=O) groups excluding carboxylic acids is 2. The maximum atomic E-state index is 13.0. The second-order valence-electron chi connectivity index (χ2n) is 7.63. The Hall–Kier alpha value is -3.81. The number of hydrogen-bond donors (Lipinski definition) is 1. The Labute approximate surface area is 187 Å². The van der Waals surface area contributed by atoms with Gasteiger partial charge in [-0.2, -0.15) is 0 Å². The van der Waals surface area contributed by atoms with E-state index in [9.17, 15) is 9.59 Å². The van der Waals surface area contributed by atoms with Crippen molar-refractivity contribution in [2.24, 2.45) is 0 Å². The van der Waals surface area contributed by atoms with Crippen LogP contribution in [-0.2, 0) is 11.3 Å². The molecule has 0 atom stereocenters. The van der Waals surface area contributed by atoms with Crippen molar-refractivity contribution >= 4 is 23.2 Å². The number of hydrogen-bond acceptors (Lipinski definition) is 5. The number of rotatable bonds is 7. The van der Waals surface area contributed by atoms with Crippen molar-refractivity contribution in [2.45, 2.75) is 13.0 Å². The van der Waals surface area contributed by atoms with E-state index in [1.54, 1.807) is 43.9 Å². The summed E-state index contributed by atoms with van der Waals surface area (Å²) in [5.41, 5.74) is 2.24. The number of methoxy groups -OCH3 is 1. The SMILES string of the molecule is COc1ccccc1N1CCN(C(=O)c2cccc(NC(=O)CCn3ccnc3)c2)CC1. The first-order valence-electron chi connectivity index (χ1n) is 10.7. The second kappa shape index (κ2) is 10.00. The molecular formula is C24H27N5O3. The van der Waals surface area contributed by atoms with Crippen LogP contribution in [0.5, 0.6) is 5.75 Å². The Balaban J connectivity index is 1.33. The summed E-state index contributed by atoms with van der Waals surface area (Å²) in [5.74, 6) is 0.705. The number of nitrogens with one attached hydrogen (secondary N) is 1. The van der Waals surface area contributed by atoms with Gasteiger partial charge in [0.15, 0.2) is 0 Å². The minimum Gasteiger partial charge on any atom is -0.495 e. The molecule has 0 saturated carbocycles. The molecule has 1 N–H and O–H groups in total. The zero-order valence-electron chi connectivity index (χ0n) is 18.1. The molecular weight excluding hydrogens is 406 g/mol. The quantitative estimate of drug-likeness (QED) is 0.620. The van der Waals surface area contributed by atoms with Gasteiger partial charge in [-0.3, -0.25) is 9.59 Å². The summed E-state index contributed by atoms with van der Waals surface area (Å²) < 4.78 is 7.32. The molecule has 3 aromatic rings. The average Bonchev–Trinajstić information content (AvgIpc) is 3.36. The van der Waals surface area contributed by atoms with Crippen LogP contribution in [0.4, 0.5) is 11.4 Å². The number of ether oxygens (including phenoxy) is 1. The van der Waals surface area contributed by atoms with Crippen LogP contribution in [0.25, 0.3) is 0 Å². The highest BCUT2D eigenvalue weighted by Crippen LogP contribution is 2.28. The Morgan fingerprint density at radius 2 is 1.88 bits per heavy atom. The normalized spacial score (nSPS) is 13.7. The summed E-state index contributed by atoms with van der Waals surface area (Å²) in [5, 5.41) is 2.88. The lowest BCUT2D eigenvalue weighted by Crippen LogP contribution is -2.48. The van der Waals surface area contributed by atoms with Gasteiger partial charge in [0, 0.05) is 62.8 Å². The van der Waals surface area contributed by atoms with Crippen LogP contribution >= 0.6 is 0 Å². The van der Waals surface area contributed by atoms with Crippen molar-refractivity contribution in [3.05, 3.63) is 72.8 Å². The van der Waals surface area contributed by atoms with Gasteiger partial charge >= 0.3 is 0 Å². The molecule has 1 fully saturated rings. The van der Waals surface area contributed by atoms with E-state index in [-0.39, 0.29) is 11.8 Å². The number of para-hydroxylation sites is 2. The lowest BCUT2D eigenvalue weighted by Gasteiger charge is -2.36. The van der Waals surface area contributed by atoms with E-state index in [0.717, 1.165) is 24.5 Å². The Morgan fingerprint density at radius 1 is 1.06 bits per heavy atom. The van der Waals surface area contributed by atoms with Gasteiger partial charge in [0.25, 0.3) is 5.91 Å². The summed E-state index contributed by atoms with van der Waals surface area (Å²) in [4.78, 5) is 33.4. The van der Waals surface area contributed by atoms with E-state index in [4.69, 9.17) is 4.74 Å². The monoisotopic (exact) mass is 433 g/mol. The van der Waals surface area contributed by atoms with Crippen molar-refractivity contribution in [3.8, 4) is 5.75 Å². The first-order valence-corrected chi connectivity index (χ1v) is 10.7. The van der Waals surface area contributed by atoms with Gasteiger partial charge < -0.3 is 24.4 Å². The van der Waals surface area contributed by atoms with Gasteiger partial charge in [0.1, 0.15) is 5.75 Å². The van der Waals surface area contributed by atoms with Crippen LogP contribution in [0, 0.1) is 0 Å². The number of carbonyl (C=O) groups is 2. The molecule has 8 heteroatoms. The lowest BCUT2D eigenvalue weighted by molar-refractivity contribution is -0.116. The number of aryl methyl sites for hydroxylation is 1. The van der Waals surface area contributed by atoms with Crippen LogP contribution in [0.2, 0.25) is 0 Å². The maximum Gasteiger partial charge on any atom is 0.254 e. The molecule has 0 unspecified atom stereocenters. The van der Waals surface area contributed by atoms with Crippen molar-refractivity contribution in [1.82, 2.24) is 14.5 Å². The molecule has 2 heterocycles. The molecule has 1 saturated heterocycles. The van der Waals surface area contributed by atoms with Gasteiger partial charge in [-0.25, -0.2) is 4.98 Å². The standard InChI is InChI=1S/C24H27N5O3/c1-32-22-8-3-2-7-21(22)28-13-15-29(16-14-28)24(31)19-5-4-6-20(17-19)26-23(30)9-11-27-12-10-25-18-27/h2-8,10,12,17-18H,9,11,13-16H2,1H3,(H,26,30). The molecule has 2 aromatic carbocycles. The summed E-state index contributed by atoms with van der Waals surface area (Å²) in [6.07, 6.45) is 5.52. The number of aromatic nitrogens is 2. The third-order valence-electron chi connectivity index (χ3n) is 5.54. The molecule has 0 bridgehead atoms. The Kier molecular flexibility index (Phi) is 6.69. The minimum absolute atomic E-state index is 0.0285. The van der Waals surface area contributed by atoms with Crippen LogP contribution < -0.4 is 15.0 Å². The molecule has 1 aromatic heterocycles. The molecule has 0 spiro atoms. The summed E-state index contributed by atoms with van der Waals surface area (Å²) in [7, 11) is 1.67. The molecule has 32 heavy (non-hydrogen) atoms. The highest BCUT2D eigenvalue weighted by Gasteiger charge is 2.24. The highest BCUT2D eigenvalue weighted by molar-refractivity contribution is 5.97. The first kappa shape index (κ1) is 21.4. The van der Waals surface area contributed by atoms with E-state index < -0.39 is 0 Å². The smallest absolute Gasteiger partial charge is 0.254 e. The zero-order valence-corrected chi connectivity index (χ0v) is 18.1. The largest absolute Gasteiger partial charge is 0.495 e. The van der Waals surface area contributed by atoms with Crippen molar-refractivity contribution in [3.63, 3.8) is 0 Å². The van der Waals surface area contributed by atoms with Gasteiger partial charge in [0.2, 0.25) is 5.91 Å². The maximum absolute atomic E-state index is 13.0. The molecule has 0 radical (unpaired) electrons. The van der Waals surface area contributed by atoms with E-state index in [1.807, 2.05) is 39.9 Å². The number of anilines is 2. The number of nitrogens with zero attached hydrogens (tertiary/aromatic N) is 4. The fraction of sp³-hybridized carbons (Fsp3) is 0.292. The summed E-state index contributed by atoms with van der Waals surface area (Å²) >= 11 is 0. The number of amides is 2. The van der Waals surface area contributed by atoms with Crippen LogP contribution in [0.1, 0.15) is 16.8 Å². The third kappa shape index (κ3) is 5.08. The third-order valence-corrected chi connectivity index (χ3v) is 5.54. The zero-order chi connectivity index (χ0) is 22.3. The predicted molar refractivity (Wildman–Crippen MR) is 123 cm³/mol. The topological polar surface area (TPSA) is 79.7 Å². The van der Waals surface area contributed by atoms with Crippen molar-refractivity contribution in [1.29, 1.82) is 0 Å². The Bertz CT molecular complexity index is 1060. The fourth-order valence-electron chi connectivity index (χ4n) is 3.83. The molecule has 0 aliphatic carbocycles. The van der Waals surface area contributed by atoms with Crippen molar-refractivity contribution < 1.29 is 14.3 Å². The van der Waals surface area contributed by atoms with E-state index in [0.29, 0.717) is 37.3 Å². The van der Waals surface area contributed by atoms with Gasteiger partial charge in [-0.1, -0.05) is 18.2 Å². The van der Waals surface area contributed by atoms with Gasteiger partial charge in [-0.05, 0) is 30.3 Å². The van der Waals surface area contributed by atoms with E-state index >= 15 is 0 Å². The molecule has 2 amide bonds. The van der Waals surface area contributed by atoms with Crippen LogP contribution in [-0.4, -0.2) is 59.6 Å². The predicted octanol–water partition coefficient (Wildman–Crippen LogP) is 2.88. The molecule has 4 rings (SSSR count). The second-order valence-corrected chi connectivity index (χ2v) is 7.63. The van der Waals surface area contributed by atoms with Gasteiger partial charge in [0.05, 0.1) is 19.1 Å². The summed E-state index contributed by atoms with van der Waals surface area (Å²) in [6.45, 7) is 3.27. The first-order chi connectivity index (χ1) is 15.6. The lowest BCUT2D eigenvalue weighted by atomic mass is 10.1. The molecule has 1 aliphatic heterocycles.